The van der Waals surface area contributed by atoms with Gasteiger partial charge in [-0.25, -0.2) is 9.37 Å². The fourth-order valence-corrected chi connectivity index (χ4v) is 3.31. The van der Waals surface area contributed by atoms with Gasteiger partial charge in [-0.05, 0) is 30.3 Å². The van der Waals surface area contributed by atoms with Crippen molar-refractivity contribution >= 4 is 11.0 Å². The molecule has 0 aliphatic rings. The molecule has 32 heavy (non-hydrogen) atoms. The monoisotopic (exact) mass is 440 g/mol. The molecule has 5 rings (SSSR count). The van der Waals surface area contributed by atoms with Gasteiger partial charge in [0.2, 0.25) is 12.4 Å². The third kappa shape index (κ3) is 3.82. The summed E-state index contributed by atoms with van der Waals surface area (Å²) < 4.78 is 59.8. The highest BCUT2D eigenvalue weighted by Crippen LogP contribution is 2.31. The lowest BCUT2D eigenvalue weighted by Gasteiger charge is -2.06. The molecule has 10 heteroatoms. The molecule has 0 fully saturated rings. The van der Waals surface area contributed by atoms with Gasteiger partial charge in [0.1, 0.15) is 22.7 Å². The van der Waals surface area contributed by atoms with Crippen molar-refractivity contribution in [2.24, 2.45) is 0 Å². The summed E-state index contributed by atoms with van der Waals surface area (Å²) in [6, 6.07) is 12.8. The van der Waals surface area contributed by atoms with E-state index in [1.807, 2.05) is 0 Å². The van der Waals surface area contributed by atoms with Crippen molar-refractivity contribution in [2.75, 3.05) is 0 Å². The minimum absolute atomic E-state index is 0.00356. The molecule has 0 aliphatic heterocycles. The minimum atomic E-state index is -4.46. The maximum absolute atomic E-state index is 14.0. The average molecular weight is 440 g/mol. The highest BCUT2D eigenvalue weighted by Gasteiger charge is 2.31. The first-order valence-corrected chi connectivity index (χ1v) is 9.51. The highest BCUT2D eigenvalue weighted by molar-refractivity contribution is 5.77. The molecule has 6 nitrogen and oxygen atoms in total. The van der Waals surface area contributed by atoms with Crippen LogP contribution in [0.3, 0.4) is 0 Å². The number of nitrogens with zero attached hydrogens (tertiary/aromatic N) is 4. The Morgan fingerprint density at radius 2 is 1.84 bits per heavy atom. The Morgan fingerprint density at radius 1 is 1.00 bits per heavy atom. The summed E-state index contributed by atoms with van der Waals surface area (Å²) in [4.78, 5) is 11.7. The number of halogens is 4. The first-order chi connectivity index (χ1) is 15.4. The second-order valence-corrected chi connectivity index (χ2v) is 7.08. The molecule has 2 aromatic carbocycles. The van der Waals surface area contributed by atoms with Crippen molar-refractivity contribution in [3.8, 4) is 22.8 Å². The molecule has 0 saturated carbocycles. The molecule has 0 saturated heterocycles. The van der Waals surface area contributed by atoms with E-state index >= 15 is 0 Å². The maximum Gasteiger partial charge on any atom is 0.416 e. The van der Waals surface area contributed by atoms with E-state index in [1.54, 1.807) is 41.2 Å². The first kappa shape index (κ1) is 19.9. The maximum atomic E-state index is 14.0. The average Bonchev–Trinajstić information content (AvgIpc) is 3.40. The summed E-state index contributed by atoms with van der Waals surface area (Å²) in [6.45, 7) is 0.215. The molecular weight excluding hydrogens is 426 g/mol. The molecule has 0 amide bonds. The molecular formula is C22H14F4N5O+. The predicted molar refractivity (Wildman–Crippen MR) is 106 cm³/mol. The lowest BCUT2D eigenvalue weighted by Crippen LogP contribution is -2.33. The van der Waals surface area contributed by atoms with Crippen LogP contribution in [0.2, 0.25) is 0 Å². The van der Waals surface area contributed by atoms with Crippen LogP contribution in [0.4, 0.5) is 17.6 Å². The van der Waals surface area contributed by atoms with Gasteiger partial charge < -0.3 is 9.51 Å². The quantitative estimate of drug-likeness (QED) is 0.323. The van der Waals surface area contributed by atoms with Crippen molar-refractivity contribution in [3.63, 3.8) is 0 Å². The zero-order valence-corrected chi connectivity index (χ0v) is 16.3. The summed E-state index contributed by atoms with van der Waals surface area (Å²) in [5.41, 5.74) is 1.07. The van der Waals surface area contributed by atoms with E-state index in [1.165, 1.54) is 18.2 Å². The Kier molecular flexibility index (Phi) is 4.69. The van der Waals surface area contributed by atoms with E-state index in [4.69, 9.17) is 4.52 Å². The second-order valence-electron chi connectivity index (χ2n) is 7.08. The van der Waals surface area contributed by atoms with Gasteiger partial charge in [0, 0.05) is 11.6 Å². The van der Waals surface area contributed by atoms with E-state index in [0.717, 1.165) is 12.1 Å². The molecule has 160 valence electrons. The zero-order chi connectivity index (χ0) is 22.3. The SMILES string of the molecule is Fc1ccccc1-c1nc2cc[n+](Cc3noc(-c4cccc(C(F)(F)F)c4)n3)cc2[nH]1. The number of imidazole rings is 1. The van der Waals surface area contributed by atoms with Crippen LogP contribution in [0.1, 0.15) is 11.4 Å². The molecule has 0 radical (unpaired) electrons. The standard InChI is InChI=1S/C22H13F4N5O/c23-16-7-2-1-6-15(16)20-27-17-8-9-31(11-18(17)28-20)12-19-29-21(32-30-19)13-4-3-5-14(10-13)22(24,25)26/h1-11H,12H2/p+1. The summed E-state index contributed by atoms with van der Waals surface area (Å²) >= 11 is 0. The van der Waals surface area contributed by atoms with Crippen molar-refractivity contribution in [2.45, 2.75) is 12.7 Å². The lowest BCUT2D eigenvalue weighted by atomic mass is 10.1. The van der Waals surface area contributed by atoms with E-state index in [2.05, 4.69) is 20.1 Å². The number of hydrogen-bond acceptors (Lipinski definition) is 4. The van der Waals surface area contributed by atoms with E-state index in [-0.39, 0.29) is 29.6 Å². The topological polar surface area (TPSA) is 71.5 Å². The number of rotatable bonds is 4. The number of hydrogen-bond donors (Lipinski definition) is 1. The van der Waals surface area contributed by atoms with Crippen molar-refractivity contribution in [1.82, 2.24) is 20.1 Å². The number of benzene rings is 2. The number of aromatic amines is 1. The number of alkyl halides is 3. The second kappa shape index (κ2) is 7.56. The van der Waals surface area contributed by atoms with E-state index < -0.39 is 11.7 Å². The van der Waals surface area contributed by atoms with Crippen molar-refractivity contribution in [1.29, 1.82) is 0 Å². The summed E-state index contributed by atoms with van der Waals surface area (Å²) in [5, 5.41) is 3.86. The predicted octanol–water partition coefficient (Wildman–Crippen LogP) is 4.77. The molecule has 0 unspecified atom stereocenters. The third-order valence-corrected chi connectivity index (χ3v) is 4.84. The van der Waals surface area contributed by atoms with Crippen LogP contribution < -0.4 is 4.57 Å². The lowest BCUT2D eigenvalue weighted by molar-refractivity contribution is -0.688. The molecule has 3 heterocycles. The smallest absolute Gasteiger partial charge is 0.334 e. The minimum Gasteiger partial charge on any atom is -0.334 e. The van der Waals surface area contributed by atoms with Crippen LogP contribution in [0, 0.1) is 5.82 Å². The number of fused-ring (bicyclic) bond motifs is 1. The Morgan fingerprint density at radius 3 is 2.66 bits per heavy atom. The van der Waals surface area contributed by atoms with Gasteiger partial charge in [0.05, 0.1) is 11.1 Å². The highest BCUT2D eigenvalue weighted by atomic mass is 19.4. The van der Waals surface area contributed by atoms with Gasteiger partial charge in [0.25, 0.3) is 5.89 Å². The number of nitrogens with one attached hydrogen (secondary N) is 1. The van der Waals surface area contributed by atoms with E-state index in [9.17, 15) is 17.6 Å². The molecule has 0 spiro atoms. The Hall–Kier alpha value is -4.08. The normalized spacial score (nSPS) is 11.9. The number of aromatic nitrogens is 5. The van der Waals surface area contributed by atoms with Crippen LogP contribution in [0.15, 0.2) is 71.5 Å². The molecule has 3 aromatic heterocycles. The fraction of sp³-hybridized carbons (Fsp3) is 0.0909. The van der Waals surface area contributed by atoms with Gasteiger partial charge >= 0.3 is 6.18 Å². The van der Waals surface area contributed by atoms with Crippen LogP contribution >= 0.6 is 0 Å². The first-order valence-electron chi connectivity index (χ1n) is 9.51. The molecule has 1 N–H and O–H groups in total. The summed E-state index contributed by atoms with van der Waals surface area (Å²) in [5.74, 6) is 0.308. The number of H-pyrrole nitrogens is 1. The zero-order valence-electron chi connectivity index (χ0n) is 16.3. The Bertz CT molecular complexity index is 1420. The van der Waals surface area contributed by atoms with Gasteiger partial charge in [0.15, 0.2) is 12.4 Å². The largest absolute Gasteiger partial charge is 0.416 e. The van der Waals surface area contributed by atoms with Crippen LogP contribution in [0.5, 0.6) is 0 Å². The molecule has 0 atom stereocenters. The third-order valence-electron chi connectivity index (χ3n) is 4.84. The van der Waals surface area contributed by atoms with Crippen LogP contribution in [-0.4, -0.2) is 20.1 Å². The molecule has 5 aromatic rings. The van der Waals surface area contributed by atoms with E-state index in [0.29, 0.717) is 22.4 Å². The summed E-state index contributed by atoms with van der Waals surface area (Å²) in [6.07, 6.45) is -0.961. The van der Waals surface area contributed by atoms with Gasteiger partial charge in [-0.3, -0.25) is 0 Å². The van der Waals surface area contributed by atoms with Gasteiger partial charge in [-0.15, -0.1) is 0 Å². The van der Waals surface area contributed by atoms with Crippen molar-refractivity contribution < 1.29 is 26.7 Å². The van der Waals surface area contributed by atoms with Crippen molar-refractivity contribution in [3.05, 3.63) is 84.2 Å². The van der Waals surface area contributed by atoms with Gasteiger partial charge in [-0.1, -0.05) is 23.4 Å². The van der Waals surface area contributed by atoms with Crippen LogP contribution in [0.25, 0.3) is 33.9 Å². The molecule has 0 bridgehead atoms. The molecule has 0 aliphatic carbocycles. The van der Waals surface area contributed by atoms with Crippen LogP contribution in [-0.2, 0) is 12.7 Å². The Labute approximate surface area is 178 Å². The fourth-order valence-electron chi connectivity index (χ4n) is 3.31. The van der Waals surface area contributed by atoms with Gasteiger partial charge in [-0.2, -0.15) is 22.7 Å². The number of pyridine rings is 1. The Balaban J connectivity index is 1.40. The summed E-state index contributed by atoms with van der Waals surface area (Å²) in [7, 11) is 0.